The number of aryl methyl sites for hydroxylation is 1. The van der Waals surface area contributed by atoms with Gasteiger partial charge in [-0.1, -0.05) is 18.2 Å². The summed E-state index contributed by atoms with van der Waals surface area (Å²) in [7, 11) is 2.16. The zero-order valence-corrected chi connectivity index (χ0v) is 9.20. The maximum atomic E-state index is 5.07. The molecule has 0 amide bonds. The molecule has 1 aromatic rings. The molecule has 0 saturated heterocycles. The van der Waals surface area contributed by atoms with Crippen molar-refractivity contribution in [3.63, 3.8) is 0 Å². The lowest BCUT2D eigenvalue weighted by molar-refractivity contribution is 0.141. The third-order valence-electron chi connectivity index (χ3n) is 3.01. The molecule has 1 aliphatic rings. The van der Waals surface area contributed by atoms with Crippen molar-refractivity contribution in [2.24, 2.45) is 5.90 Å². The molecule has 0 bridgehead atoms. The molecule has 82 valence electrons. The van der Waals surface area contributed by atoms with E-state index in [0.717, 1.165) is 13.0 Å². The number of hydrogen-bond acceptors (Lipinski definition) is 3. The van der Waals surface area contributed by atoms with E-state index in [1.54, 1.807) is 0 Å². The zero-order chi connectivity index (χ0) is 10.7. The van der Waals surface area contributed by atoms with Gasteiger partial charge in [0.05, 0.1) is 6.61 Å². The summed E-state index contributed by atoms with van der Waals surface area (Å²) in [5.74, 6) is 5.07. The van der Waals surface area contributed by atoms with E-state index in [0.29, 0.717) is 6.61 Å². The summed E-state index contributed by atoms with van der Waals surface area (Å²) in [5.41, 5.74) is 4.19. The van der Waals surface area contributed by atoms with Crippen LogP contribution in [-0.4, -0.2) is 20.2 Å². The first-order valence-corrected chi connectivity index (χ1v) is 5.46. The number of anilines is 1. The Morgan fingerprint density at radius 2 is 2.33 bits per heavy atom. The third kappa shape index (κ3) is 2.13. The minimum absolute atomic E-state index is 0.588. The quantitative estimate of drug-likeness (QED) is 0.762. The summed E-state index contributed by atoms with van der Waals surface area (Å²) in [6.07, 6.45) is 3.33. The Balaban J connectivity index is 2.29. The van der Waals surface area contributed by atoms with E-state index < -0.39 is 0 Å². The molecule has 0 saturated carbocycles. The molecule has 0 radical (unpaired) electrons. The summed E-state index contributed by atoms with van der Waals surface area (Å²) in [4.78, 5) is 6.99. The van der Waals surface area contributed by atoms with Crippen LogP contribution in [0.25, 0.3) is 0 Å². The van der Waals surface area contributed by atoms with Gasteiger partial charge in [-0.15, -0.1) is 0 Å². The lowest BCUT2D eigenvalue weighted by Gasteiger charge is -2.29. The van der Waals surface area contributed by atoms with E-state index in [1.807, 2.05) is 0 Å². The summed E-state index contributed by atoms with van der Waals surface area (Å²) in [6, 6.07) is 6.52. The molecule has 15 heavy (non-hydrogen) atoms. The Morgan fingerprint density at radius 1 is 1.47 bits per heavy atom. The van der Waals surface area contributed by atoms with Crippen molar-refractivity contribution in [3.8, 4) is 0 Å². The molecule has 0 atom stereocenters. The van der Waals surface area contributed by atoms with Gasteiger partial charge in [0.25, 0.3) is 0 Å². The molecular weight excluding hydrogens is 188 g/mol. The molecule has 2 N–H and O–H groups in total. The molecule has 1 aliphatic heterocycles. The maximum absolute atomic E-state index is 5.07. The van der Waals surface area contributed by atoms with Gasteiger partial charge in [0, 0.05) is 19.3 Å². The standard InChI is InChI=1S/C12H18N2O/c1-14-8-3-6-10-4-2-5-11(12(10)14)7-9-15-13/h2,4-5H,3,6-9,13H2,1H3. The van der Waals surface area contributed by atoms with Crippen LogP contribution >= 0.6 is 0 Å². The van der Waals surface area contributed by atoms with Crippen LogP contribution in [-0.2, 0) is 17.7 Å². The molecule has 0 unspecified atom stereocenters. The predicted molar refractivity (Wildman–Crippen MR) is 61.9 cm³/mol. The molecule has 1 aromatic carbocycles. The van der Waals surface area contributed by atoms with Gasteiger partial charge in [-0.3, -0.25) is 0 Å². The Labute approximate surface area is 90.8 Å². The molecule has 3 heteroatoms. The summed E-state index contributed by atoms with van der Waals surface area (Å²) >= 11 is 0. The number of nitrogens with zero attached hydrogens (tertiary/aromatic N) is 1. The van der Waals surface area contributed by atoms with Crippen LogP contribution < -0.4 is 10.8 Å². The first-order chi connectivity index (χ1) is 7.33. The van der Waals surface area contributed by atoms with Gasteiger partial charge in [0.1, 0.15) is 0 Å². The number of hydrogen-bond donors (Lipinski definition) is 1. The molecule has 0 fully saturated rings. The van der Waals surface area contributed by atoms with Crippen LogP contribution in [0, 0.1) is 0 Å². The third-order valence-corrected chi connectivity index (χ3v) is 3.01. The molecular formula is C12H18N2O. The van der Waals surface area contributed by atoms with Gasteiger partial charge in [-0.25, -0.2) is 5.90 Å². The molecule has 2 rings (SSSR count). The fourth-order valence-corrected chi connectivity index (χ4v) is 2.33. The average molecular weight is 206 g/mol. The zero-order valence-electron chi connectivity index (χ0n) is 9.20. The minimum atomic E-state index is 0.588. The number of rotatable bonds is 3. The van der Waals surface area contributed by atoms with Gasteiger partial charge >= 0.3 is 0 Å². The van der Waals surface area contributed by atoms with Crippen molar-refractivity contribution in [1.82, 2.24) is 0 Å². The molecule has 0 aliphatic carbocycles. The van der Waals surface area contributed by atoms with Crippen molar-refractivity contribution in [1.29, 1.82) is 0 Å². The van der Waals surface area contributed by atoms with Crippen molar-refractivity contribution >= 4 is 5.69 Å². The first-order valence-electron chi connectivity index (χ1n) is 5.46. The fraction of sp³-hybridized carbons (Fsp3) is 0.500. The maximum Gasteiger partial charge on any atom is 0.0720 e. The van der Waals surface area contributed by atoms with E-state index >= 15 is 0 Å². The van der Waals surface area contributed by atoms with Crippen molar-refractivity contribution in [2.45, 2.75) is 19.3 Å². The molecule has 0 spiro atoms. The highest BCUT2D eigenvalue weighted by molar-refractivity contribution is 5.60. The van der Waals surface area contributed by atoms with Gasteiger partial charge in [-0.05, 0) is 30.4 Å². The van der Waals surface area contributed by atoms with Gasteiger partial charge in [0.15, 0.2) is 0 Å². The lowest BCUT2D eigenvalue weighted by Crippen LogP contribution is -2.26. The van der Waals surface area contributed by atoms with Gasteiger partial charge in [0.2, 0.25) is 0 Å². The Hall–Kier alpha value is -1.06. The molecule has 0 aromatic heterocycles. The fourth-order valence-electron chi connectivity index (χ4n) is 2.33. The number of nitrogens with two attached hydrogens (primary N) is 1. The monoisotopic (exact) mass is 206 g/mol. The average Bonchev–Trinajstić information content (AvgIpc) is 2.26. The van der Waals surface area contributed by atoms with Gasteiger partial charge in [-0.2, -0.15) is 0 Å². The van der Waals surface area contributed by atoms with Crippen molar-refractivity contribution in [2.75, 3.05) is 25.1 Å². The van der Waals surface area contributed by atoms with E-state index in [-0.39, 0.29) is 0 Å². The summed E-state index contributed by atoms with van der Waals surface area (Å²) in [5, 5.41) is 0. The Bertz CT molecular complexity index is 338. The number of benzene rings is 1. The van der Waals surface area contributed by atoms with E-state index in [2.05, 4.69) is 35.0 Å². The molecule has 3 nitrogen and oxygen atoms in total. The van der Waals surface area contributed by atoms with Crippen LogP contribution in [0.2, 0.25) is 0 Å². The van der Waals surface area contributed by atoms with Crippen LogP contribution in [0.1, 0.15) is 17.5 Å². The predicted octanol–water partition coefficient (Wildman–Crippen LogP) is 1.50. The van der Waals surface area contributed by atoms with Crippen molar-refractivity contribution < 1.29 is 4.84 Å². The number of para-hydroxylation sites is 1. The normalized spacial score (nSPS) is 15.2. The Kier molecular flexibility index (Phi) is 3.23. The van der Waals surface area contributed by atoms with Crippen LogP contribution in [0.4, 0.5) is 5.69 Å². The Morgan fingerprint density at radius 3 is 3.13 bits per heavy atom. The van der Waals surface area contributed by atoms with Crippen LogP contribution in [0.3, 0.4) is 0 Å². The summed E-state index contributed by atoms with van der Waals surface area (Å²) < 4.78 is 0. The highest BCUT2D eigenvalue weighted by Crippen LogP contribution is 2.29. The van der Waals surface area contributed by atoms with E-state index in [9.17, 15) is 0 Å². The van der Waals surface area contributed by atoms with E-state index in [1.165, 1.54) is 29.7 Å². The second-order valence-electron chi connectivity index (χ2n) is 4.07. The number of fused-ring (bicyclic) bond motifs is 1. The SMILES string of the molecule is CN1CCCc2cccc(CCON)c21. The second kappa shape index (κ2) is 4.64. The smallest absolute Gasteiger partial charge is 0.0720 e. The molecule has 1 heterocycles. The van der Waals surface area contributed by atoms with Crippen LogP contribution in [0.15, 0.2) is 18.2 Å². The second-order valence-corrected chi connectivity index (χ2v) is 4.07. The lowest BCUT2D eigenvalue weighted by atomic mass is 9.97. The van der Waals surface area contributed by atoms with Gasteiger partial charge < -0.3 is 9.74 Å². The first kappa shape index (κ1) is 10.5. The summed E-state index contributed by atoms with van der Waals surface area (Å²) in [6.45, 7) is 1.73. The topological polar surface area (TPSA) is 38.5 Å². The minimum Gasteiger partial charge on any atom is -0.374 e. The van der Waals surface area contributed by atoms with E-state index in [4.69, 9.17) is 5.90 Å². The van der Waals surface area contributed by atoms with Crippen molar-refractivity contribution in [3.05, 3.63) is 29.3 Å². The highest BCUT2D eigenvalue weighted by Gasteiger charge is 2.16. The largest absolute Gasteiger partial charge is 0.374 e. The highest BCUT2D eigenvalue weighted by atomic mass is 16.6. The van der Waals surface area contributed by atoms with Crippen LogP contribution in [0.5, 0.6) is 0 Å².